The van der Waals surface area contributed by atoms with E-state index in [1.165, 1.54) is 46.3 Å². The van der Waals surface area contributed by atoms with Gasteiger partial charge in [-0.15, -0.1) is 0 Å². The average molecular weight is 530 g/mol. The molecule has 208 valence electrons. The van der Waals surface area contributed by atoms with Crippen LogP contribution in [0.2, 0.25) is 0 Å². The largest absolute Gasteiger partial charge is 0.494 e. The van der Waals surface area contributed by atoms with E-state index in [1.807, 2.05) is 0 Å². The van der Waals surface area contributed by atoms with Crippen LogP contribution in [0.4, 0.5) is 5.69 Å². The molecule has 2 atom stereocenters. The summed E-state index contributed by atoms with van der Waals surface area (Å²) in [7, 11) is 2.93. The molecule has 1 aromatic carbocycles. The summed E-state index contributed by atoms with van der Waals surface area (Å²) in [5, 5.41) is 8.35. The van der Waals surface area contributed by atoms with E-state index >= 15 is 0 Å². The number of aromatic amines is 1. The van der Waals surface area contributed by atoms with Crippen LogP contribution in [-0.2, 0) is 14.4 Å². The van der Waals surface area contributed by atoms with Crippen LogP contribution in [0.25, 0.3) is 10.9 Å². The molecular formula is C27H39N5O6. The van der Waals surface area contributed by atoms with E-state index in [1.54, 1.807) is 12.1 Å². The third-order valence-electron chi connectivity index (χ3n) is 7.06. The van der Waals surface area contributed by atoms with Crippen molar-refractivity contribution < 1.29 is 28.7 Å². The molecule has 3 amide bonds. The number of hydrogen-bond donors (Lipinski definition) is 5. The summed E-state index contributed by atoms with van der Waals surface area (Å²) in [4.78, 5) is 50.5. The fourth-order valence-electron chi connectivity index (χ4n) is 4.89. The number of aldehydes is 1. The number of fused-ring (bicyclic) bond motifs is 1. The van der Waals surface area contributed by atoms with Crippen LogP contribution in [0.1, 0.15) is 62.4 Å². The lowest BCUT2D eigenvalue weighted by Crippen LogP contribution is -2.44. The number of aromatic nitrogens is 1. The lowest BCUT2D eigenvalue weighted by Gasteiger charge is -2.15. The highest BCUT2D eigenvalue weighted by atomic mass is 16.5. The lowest BCUT2D eigenvalue weighted by atomic mass is 9.91. The van der Waals surface area contributed by atoms with Gasteiger partial charge in [0, 0.05) is 17.8 Å². The van der Waals surface area contributed by atoms with Gasteiger partial charge in [-0.1, -0.05) is 39.0 Å². The fourth-order valence-corrected chi connectivity index (χ4v) is 4.89. The molecular weight excluding hydrogens is 490 g/mol. The maximum atomic E-state index is 12.5. The van der Waals surface area contributed by atoms with Crippen LogP contribution in [0.3, 0.4) is 0 Å². The second-order valence-corrected chi connectivity index (χ2v) is 9.92. The van der Waals surface area contributed by atoms with Crippen LogP contribution in [0.5, 0.6) is 11.5 Å². The molecule has 38 heavy (non-hydrogen) atoms. The van der Waals surface area contributed by atoms with E-state index in [2.05, 4.69) is 27.9 Å². The van der Waals surface area contributed by atoms with Gasteiger partial charge in [0.05, 0.1) is 32.3 Å². The molecule has 1 aliphatic carbocycles. The van der Waals surface area contributed by atoms with Crippen LogP contribution in [0.15, 0.2) is 12.1 Å². The number of nitrogen functional groups attached to an aromatic ring is 1. The Morgan fingerprint density at radius 1 is 1.16 bits per heavy atom. The van der Waals surface area contributed by atoms with E-state index < -0.39 is 17.9 Å². The Bertz CT molecular complexity index is 1140. The van der Waals surface area contributed by atoms with Crippen molar-refractivity contribution in [2.45, 2.75) is 57.9 Å². The standard InChI is InChI=1S/C20H25N5O6.C7H14/c1-30-14-7-11-6-13(25-17(11)18(31-2)16(14)21)20(29)23-8-15(27)24-12(9-26)5-10-3-4-22-19(10)28;1-7-5-3-2-4-6-7/h6-7,9-10,12,25H,3-5,8,21H2,1-2H3,(H,22,28)(H,23,29)(H,24,27);7H,2-6H2,1H3. The fraction of sp³-hybridized carbons (Fsp3) is 0.556. The number of amides is 3. The molecule has 6 N–H and O–H groups in total. The predicted octanol–water partition coefficient (Wildman–Crippen LogP) is 2.29. The predicted molar refractivity (Wildman–Crippen MR) is 144 cm³/mol. The number of benzene rings is 1. The van der Waals surface area contributed by atoms with Gasteiger partial charge in [-0.05, 0) is 30.9 Å². The quantitative estimate of drug-likeness (QED) is 0.246. The Labute approximate surface area is 222 Å². The number of nitrogens with two attached hydrogens (primary N) is 1. The van der Waals surface area contributed by atoms with Crippen molar-refractivity contribution >= 4 is 40.6 Å². The third kappa shape index (κ3) is 7.39. The van der Waals surface area contributed by atoms with E-state index in [4.69, 9.17) is 15.2 Å². The van der Waals surface area contributed by atoms with Crippen molar-refractivity contribution in [2.24, 2.45) is 11.8 Å². The molecule has 0 spiro atoms. The summed E-state index contributed by atoms with van der Waals surface area (Å²) in [5.41, 5.74) is 7.01. The Hall–Kier alpha value is -3.76. The second kappa shape index (κ2) is 13.7. The van der Waals surface area contributed by atoms with E-state index in [0.717, 1.165) is 5.92 Å². The molecule has 1 saturated carbocycles. The molecule has 0 bridgehead atoms. The highest BCUT2D eigenvalue weighted by Gasteiger charge is 2.28. The SMILES string of the molecule is CC1CCCCC1.COc1cc2cc(C(=O)NCC(=O)NC(C=O)CC3CCNC3=O)[nH]c2c(OC)c1N. The van der Waals surface area contributed by atoms with Gasteiger partial charge in [-0.3, -0.25) is 14.4 Å². The summed E-state index contributed by atoms with van der Waals surface area (Å²) < 4.78 is 10.5. The number of anilines is 1. The molecule has 1 aliphatic heterocycles. The molecule has 2 heterocycles. The van der Waals surface area contributed by atoms with Gasteiger partial charge in [-0.2, -0.15) is 0 Å². The summed E-state index contributed by atoms with van der Waals surface area (Å²) in [5.74, 6) is 0.291. The first-order valence-corrected chi connectivity index (χ1v) is 13.1. The number of hydrogen-bond acceptors (Lipinski definition) is 7. The smallest absolute Gasteiger partial charge is 0.268 e. The van der Waals surface area contributed by atoms with Crippen LogP contribution < -0.4 is 31.2 Å². The Morgan fingerprint density at radius 2 is 1.89 bits per heavy atom. The number of nitrogens with one attached hydrogen (secondary N) is 4. The monoisotopic (exact) mass is 529 g/mol. The van der Waals surface area contributed by atoms with Gasteiger partial charge in [-0.25, -0.2) is 0 Å². The molecule has 2 unspecified atom stereocenters. The lowest BCUT2D eigenvalue weighted by molar-refractivity contribution is -0.125. The average Bonchev–Trinajstić information content (AvgIpc) is 3.53. The molecule has 2 fully saturated rings. The highest BCUT2D eigenvalue weighted by molar-refractivity contribution is 6.02. The number of methoxy groups -OCH3 is 2. The minimum Gasteiger partial charge on any atom is -0.494 e. The van der Waals surface area contributed by atoms with Crippen molar-refractivity contribution in [3.8, 4) is 11.5 Å². The van der Waals surface area contributed by atoms with E-state index in [0.29, 0.717) is 47.3 Å². The Kier molecular flexibility index (Phi) is 10.4. The molecule has 11 nitrogen and oxygen atoms in total. The van der Waals surface area contributed by atoms with Gasteiger partial charge >= 0.3 is 0 Å². The molecule has 11 heteroatoms. The van der Waals surface area contributed by atoms with Gasteiger partial charge in [0.25, 0.3) is 5.91 Å². The van der Waals surface area contributed by atoms with Gasteiger partial charge < -0.3 is 40.9 Å². The topological polar surface area (TPSA) is 165 Å². The molecule has 1 saturated heterocycles. The van der Waals surface area contributed by atoms with Gasteiger partial charge in [0.1, 0.15) is 23.4 Å². The minimum atomic E-state index is -0.800. The second-order valence-electron chi connectivity index (χ2n) is 9.92. The summed E-state index contributed by atoms with van der Waals surface area (Å²) in [6.45, 7) is 2.59. The molecule has 2 aromatic rings. The minimum absolute atomic E-state index is 0.124. The normalized spacial score (nSPS) is 18.1. The van der Waals surface area contributed by atoms with Crippen molar-refractivity contribution in [1.82, 2.24) is 20.9 Å². The Morgan fingerprint density at radius 3 is 2.45 bits per heavy atom. The zero-order valence-corrected chi connectivity index (χ0v) is 22.4. The number of carbonyl (C=O) groups is 4. The Balaban J connectivity index is 0.000000494. The summed E-state index contributed by atoms with van der Waals surface area (Å²) in [6.07, 6.45) is 8.87. The first-order chi connectivity index (χ1) is 18.3. The molecule has 0 radical (unpaired) electrons. The molecule has 1 aromatic heterocycles. The molecule has 2 aliphatic rings. The number of ether oxygens (including phenoxy) is 2. The zero-order chi connectivity index (χ0) is 27.7. The number of carbonyl (C=O) groups excluding carboxylic acids is 4. The van der Waals surface area contributed by atoms with E-state index in [-0.39, 0.29) is 30.5 Å². The third-order valence-corrected chi connectivity index (χ3v) is 7.06. The van der Waals surface area contributed by atoms with E-state index in [9.17, 15) is 19.2 Å². The number of rotatable bonds is 9. The van der Waals surface area contributed by atoms with Gasteiger partial charge in [0.15, 0.2) is 5.75 Å². The summed E-state index contributed by atoms with van der Waals surface area (Å²) >= 11 is 0. The maximum absolute atomic E-state index is 12.5. The zero-order valence-electron chi connectivity index (χ0n) is 22.4. The van der Waals surface area contributed by atoms with Crippen LogP contribution in [0, 0.1) is 11.8 Å². The number of H-pyrrole nitrogens is 1. The van der Waals surface area contributed by atoms with Crippen molar-refractivity contribution in [2.75, 3.05) is 33.0 Å². The summed E-state index contributed by atoms with van der Waals surface area (Å²) in [6, 6.07) is 2.45. The van der Waals surface area contributed by atoms with Crippen molar-refractivity contribution in [3.63, 3.8) is 0 Å². The first-order valence-electron chi connectivity index (χ1n) is 13.1. The van der Waals surface area contributed by atoms with Crippen molar-refractivity contribution in [3.05, 3.63) is 17.8 Å². The van der Waals surface area contributed by atoms with Crippen LogP contribution in [-0.4, -0.2) is 62.3 Å². The van der Waals surface area contributed by atoms with Crippen molar-refractivity contribution in [1.29, 1.82) is 0 Å². The van der Waals surface area contributed by atoms with Crippen LogP contribution >= 0.6 is 0 Å². The van der Waals surface area contributed by atoms with Gasteiger partial charge in [0.2, 0.25) is 11.8 Å². The molecule has 4 rings (SSSR count). The highest BCUT2D eigenvalue weighted by Crippen LogP contribution is 2.39. The first kappa shape index (κ1) is 28.8. The maximum Gasteiger partial charge on any atom is 0.268 e.